The van der Waals surface area contributed by atoms with Gasteiger partial charge in [0, 0.05) is 0 Å². The topological polar surface area (TPSA) is 105 Å². The van der Waals surface area contributed by atoms with Crippen LogP contribution in [0.4, 0.5) is 0 Å². The minimum atomic E-state index is -0.609. The summed E-state index contributed by atoms with van der Waals surface area (Å²) in [7, 11) is 0. The molecule has 1 unspecified atom stereocenters. The van der Waals surface area contributed by atoms with Crippen molar-refractivity contribution in [3.63, 3.8) is 0 Å². The number of esters is 4. The number of unbranched alkanes of at least 4 members (excludes halogenated alkanes) is 13. The van der Waals surface area contributed by atoms with Crippen molar-refractivity contribution in [2.75, 3.05) is 26.4 Å². The van der Waals surface area contributed by atoms with Gasteiger partial charge >= 0.3 is 23.9 Å². The molecule has 0 aliphatic rings. The number of hydrogen-bond donors (Lipinski definition) is 0. The zero-order chi connectivity index (χ0) is 38.0. The highest BCUT2D eigenvalue weighted by Crippen LogP contribution is 2.28. The molecule has 0 saturated carbocycles. The molecule has 0 radical (unpaired) electrons. The third-order valence-electron chi connectivity index (χ3n) is 9.24. The molecule has 52 heavy (non-hydrogen) atoms. The third kappa shape index (κ3) is 16.8. The number of carbonyl (C=O) groups is 4. The summed E-state index contributed by atoms with van der Waals surface area (Å²) in [5.41, 5.74) is 1.61. The van der Waals surface area contributed by atoms with E-state index >= 15 is 0 Å². The molecule has 0 aliphatic heterocycles. The molecular weight excluding hydrogens is 656 g/mol. The Kier molecular flexibility index (Phi) is 23.1. The number of benzene rings is 2. The molecular formula is C44H66O8. The van der Waals surface area contributed by atoms with Gasteiger partial charge in [-0.25, -0.2) is 19.2 Å². The molecule has 0 N–H and O–H groups in total. The molecule has 8 nitrogen and oxygen atoms in total. The van der Waals surface area contributed by atoms with Gasteiger partial charge in [-0.2, -0.15) is 0 Å². The van der Waals surface area contributed by atoms with Crippen LogP contribution in [0, 0.1) is 5.92 Å². The molecule has 0 heterocycles. The molecule has 0 saturated heterocycles. The van der Waals surface area contributed by atoms with Crippen molar-refractivity contribution in [1.82, 2.24) is 0 Å². The van der Waals surface area contributed by atoms with E-state index in [1.165, 1.54) is 0 Å². The minimum Gasteiger partial charge on any atom is -0.462 e. The lowest BCUT2D eigenvalue weighted by atomic mass is 9.95. The normalized spacial score (nSPS) is 11.6. The van der Waals surface area contributed by atoms with E-state index in [2.05, 4.69) is 27.7 Å². The van der Waals surface area contributed by atoms with Crippen LogP contribution in [-0.2, 0) is 18.9 Å². The highest BCUT2D eigenvalue weighted by Gasteiger charge is 2.24. The molecule has 0 fully saturated rings. The van der Waals surface area contributed by atoms with E-state index in [0.29, 0.717) is 11.1 Å². The molecule has 290 valence electrons. The van der Waals surface area contributed by atoms with E-state index in [1.54, 1.807) is 36.4 Å². The third-order valence-corrected chi connectivity index (χ3v) is 9.24. The van der Waals surface area contributed by atoms with Crippen LogP contribution in [0.15, 0.2) is 36.4 Å². The molecule has 0 amide bonds. The van der Waals surface area contributed by atoms with Crippen LogP contribution in [0.3, 0.4) is 0 Å². The van der Waals surface area contributed by atoms with Crippen LogP contribution < -0.4 is 0 Å². The first kappa shape index (κ1) is 44.5. The van der Waals surface area contributed by atoms with Gasteiger partial charge in [-0.15, -0.1) is 0 Å². The Labute approximate surface area is 313 Å². The smallest absolute Gasteiger partial charge is 0.339 e. The van der Waals surface area contributed by atoms with Crippen LogP contribution in [0.2, 0.25) is 0 Å². The molecule has 0 bridgehead atoms. The fourth-order valence-electron chi connectivity index (χ4n) is 5.92. The quantitative estimate of drug-likeness (QED) is 0.0485. The lowest BCUT2D eigenvalue weighted by molar-refractivity contribution is 0.0416. The maximum Gasteiger partial charge on any atom is 0.339 e. The van der Waals surface area contributed by atoms with E-state index in [0.717, 1.165) is 116 Å². The van der Waals surface area contributed by atoms with Gasteiger partial charge in [0.2, 0.25) is 0 Å². The van der Waals surface area contributed by atoms with Crippen molar-refractivity contribution in [1.29, 1.82) is 0 Å². The summed E-state index contributed by atoms with van der Waals surface area (Å²) in [6, 6.07) is 9.77. The second-order valence-corrected chi connectivity index (χ2v) is 14.0. The second kappa shape index (κ2) is 27.0. The van der Waals surface area contributed by atoms with E-state index in [9.17, 15) is 19.2 Å². The maximum absolute atomic E-state index is 13.5. The molecule has 0 aromatic heterocycles. The Balaban J connectivity index is 2.39. The molecule has 0 aliphatic carbocycles. The monoisotopic (exact) mass is 722 g/mol. The first-order chi connectivity index (χ1) is 25.3. The van der Waals surface area contributed by atoms with Crippen LogP contribution in [0.5, 0.6) is 0 Å². The van der Waals surface area contributed by atoms with E-state index in [-0.39, 0.29) is 54.6 Å². The van der Waals surface area contributed by atoms with Gasteiger partial charge in [0.1, 0.15) is 0 Å². The van der Waals surface area contributed by atoms with Gasteiger partial charge in [0.05, 0.1) is 48.7 Å². The predicted molar refractivity (Wildman–Crippen MR) is 208 cm³/mol. The fraction of sp³-hybridized carbons (Fsp3) is 0.636. The first-order valence-corrected chi connectivity index (χ1v) is 20.2. The predicted octanol–water partition coefficient (Wildman–Crippen LogP) is 11.7. The van der Waals surface area contributed by atoms with Crippen molar-refractivity contribution < 1.29 is 38.1 Å². The van der Waals surface area contributed by atoms with Crippen LogP contribution >= 0.6 is 0 Å². The Bertz CT molecular complexity index is 1350. The lowest BCUT2D eigenvalue weighted by Gasteiger charge is -2.15. The number of ether oxygens (including phenoxy) is 4. The van der Waals surface area contributed by atoms with Gasteiger partial charge in [-0.1, -0.05) is 137 Å². The van der Waals surface area contributed by atoms with Gasteiger partial charge in [0.15, 0.2) is 0 Å². The van der Waals surface area contributed by atoms with Crippen LogP contribution in [0.25, 0.3) is 11.1 Å². The highest BCUT2D eigenvalue weighted by atomic mass is 16.5. The molecule has 1 atom stereocenters. The zero-order valence-electron chi connectivity index (χ0n) is 32.9. The van der Waals surface area contributed by atoms with Gasteiger partial charge < -0.3 is 18.9 Å². The standard InChI is InChI=1S/C44H66O8/c1-6-10-14-17-20-28-49-41(45)37-26-24-35(31-39(37)43(47)51-30-22-19-16-12-8-3)36-25-27-38(42(46)50-29-21-18-15-11-7-2)40(32-36)44(48)52-33-34(5)23-13-9-4/h24-27,31-32,34H,6-23,28-30,33H2,1-5H3. The summed E-state index contributed by atoms with van der Waals surface area (Å²) in [4.78, 5) is 53.5. The van der Waals surface area contributed by atoms with Gasteiger partial charge in [-0.3, -0.25) is 0 Å². The van der Waals surface area contributed by atoms with Gasteiger partial charge in [0.25, 0.3) is 0 Å². The summed E-state index contributed by atoms with van der Waals surface area (Å²) >= 11 is 0. The van der Waals surface area contributed by atoms with Crippen molar-refractivity contribution in [3.8, 4) is 11.1 Å². The molecule has 8 heteroatoms. The molecule has 2 aromatic carbocycles. The zero-order valence-corrected chi connectivity index (χ0v) is 32.9. The molecule has 2 rings (SSSR count). The SMILES string of the molecule is CCCCCCCOC(=O)c1ccc(-c2ccc(C(=O)OCCCCCCC)c(C(=O)OCC(C)CCCC)c2)cc1C(=O)OCCCCCCC. The van der Waals surface area contributed by atoms with Crippen molar-refractivity contribution in [3.05, 3.63) is 58.7 Å². The Morgan fingerprint density at radius 2 is 0.788 bits per heavy atom. The van der Waals surface area contributed by atoms with E-state index in [4.69, 9.17) is 18.9 Å². The first-order valence-electron chi connectivity index (χ1n) is 20.2. The molecule has 0 spiro atoms. The lowest BCUT2D eigenvalue weighted by Crippen LogP contribution is -2.17. The van der Waals surface area contributed by atoms with Crippen molar-refractivity contribution in [2.24, 2.45) is 5.92 Å². The number of hydrogen-bond acceptors (Lipinski definition) is 8. The minimum absolute atomic E-state index is 0.0962. The van der Waals surface area contributed by atoms with Gasteiger partial charge in [-0.05, 0) is 67.0 Å². The Morgan fingerprint density at radius 1 is 0.442 bits per heavy atom. The maximum atomic E-state index is 13.5. The highest BCUT2D eigenvalue weighted by molar-refractivity contribution is 6.06. The van der Waals surface area contributed by atoms with Crippen molar-refractivity contribution >= 4 is 23.9 Å². The van der Waals surface area contributed by atoms with Crippen LogP contribution in [-0.4, -0.2) is 50.3 Å². The number of carbonyl (C=O) groups excluding carboxylic acids is 4. The summed E-state index contributed by atoms with van der Waals surface area (Å²) in [5.74, 6) is -2.20. The second-order valence-electron chi connectivity index (χ2n) is 14.0. The largest absolute Gasteiger partial charge is 0.462 e. The Hall–Kier alpha value is -3.68. The molecule has 2 aromatic rings. The summed E-state index contributed by atoms with van der Waals surface area (Å²) < 4.78 is 22.5. The Morgan fingerprint density at radius 3 is 1.17 bits per heavy atom. The average molecular weight is 723 g/mol. The number of rotatable bonds is 28. The van der Waals surface area contributed by atoms with Crippen LogP contribution in [0.1, 0.15) is 192 Å². The summed E-state index contributed by atoms with van der Waals surface area (Å²) in [6.45, 7) is 11.6. The summed E-state index contributed by atoms with van der Waals surface area (Å²) in [5, 5.41) is 0. The van der Waals surface area contributed by atoms with E-state index < -0.39 is 23.9 Å². The van der Waals surface area contributed by atoms with Crippen molar-refractivity contribution in [2.45, 2.75) is 150 Å². The fourth-order valence-corrected chi connectivity index (χ4v) is 5.92. The average Bonchev–Trinajstić information content (AvgIpc) is 3.16. The van der Waals surface area contributed by atoms with E-state index in [1.807, 2.05) is 6.92 Å². The summed E-state index contributed by atoms with van der Waals surface area (Å²) in [6.07, 6.45) is 18.2.